The van der Waals surface area contributed by atoms with E-state index in [9.17, 15) is 18.4 Å². The lowest BCUT2D eigenvalue weighted by Gasteiger charge is -2.18. The first-order chi connectivity index (χ1) is 11.0. The van der Waals surface area contributed by atoms with Gasteiger partial charge in [-0.2, -0.15) is 0 Å². The molecule has 0 aliphatic carbocycles. The van der Waals surface area contributed by atoms with Gasteiger partial charge in [0.1, 0.15) is 18.0 Å². The molecule has 0 aromatic heterocycles. The molecule has 0 saturated carbocycles. The highest BCUT2D eigenvalue weighted by molar-refractivity contribution is 6.31. The molecule has 0 spiro atoms. The number of halogens is 3. The number of carbonyl (C=O) groups is 2. The Morgan fingerprint density at radius 1 is 1.43 bits per heavy atom. The third kappa shape index (κ3) is 3.30. The second-order valence-corrected chi connectivity index (χ2v) is 6.14. The molecule has 2 saturated heterocycles. The number of benzene rings is 1. The maximum absolute atomic E-state index is 13.2. The molecule has 2 amide bonds. The molecule has 23 heavy (non-hydrogen) atoms. The van der Waals surface area contributed by atoms with E-state index < -0.39 is 24.1 Å². The van der Waals surface area contributed by atoms with Crippen molar-refractivity contribution in [3.05, 3.63) is 29.0 Å². The summed E-state index contributed by atoms with van der Waals surface area (Å²) < 4.78 is 26.3. The van der Waals surface area contributed by atoms with Gasteiger partial charge in [0.15, 0.2) is 0 Å². The van der Waals surface area contributed by atoms with Crippen molar-refractivity contribution in [2.75, 3.05) is 18.0 Å². The quantitative estimate of drug-likeness (QED) is 0.872. The van der Waals surface area contributed by atoms with Gasteiger partial charge >= 0.3 is 0 Å². The van der Waals surface area contributed by atoms with Crippen LogP contribution in [0.5, 0.6) is 0 Å². The van der Waals surface area contributed by atoms with Gasteiger partial charge in [-0.05, 0) is 24.6 Å². The minimum atomic E-state index is -1.04. The lowest BCUT2D eigenvalue weighted by atomic mass is 10.1. The van der Waals surface area contributed by atoms with Crippen LogP contribution >= 0.6 is 11.6 Å². The van der Waals surface area contributed by atoms with Gasteiger partial charge in [0.2, 0.25) is 11.8 Å². The van der Waals surface area contributed by atoms with Gasteiger partial charge in [0.25, 0.3) is 0 Å². The second-order valence-electron chi connectivity index (χ2n) is 5.73. The molecule has 0 bridgehead atoms. The predicted octanol–water partition coefficient (Wildman–Crippen LogP) is 1.40. The maximum Gasteiger partial charge on any atom is 0.249 e. The lowest BCUT2D eigenvalue weighted by Crippen LogP contribution is -2.48. The monoisotopic (exact) mass is 343 g/mol. The molecule has 2 fully saturated rings. The number of rotatable bonds is 3. The molecule has 2 aliphatic rings. The Kier molecular flexibility index (Phi) is 4.50. The summed E-state index contributed by atoms with van der Waals surface area (Å²) in [6.07, 6.45) is -0.488. The Labute approximate surface area is 137 Å². The summed E-state index contributed by atoms with van der Waals surface area (Å²) in [5.74, 6) is -1.21. The number of hydrogen-bond donors (Lipinski definition) is 2. The molecule has 3 rings (SSSR count). The minimum Gasteiger partial charge on any atom is -0.343 e. The number of nitrogens with zero attached hydrogens (tertiary/aromatic N) is 1. The SMILES string of the molecule is O=C(NC1CCN(c2ccc(F)c(Cl)c2)C1=O)[C@H]1C[C@H](F)CN1. The second kappa shape index (κ2) is 6.41. The van der Waals surface area contributed by atoms with Gasteiger partial charge < -0.3 is 15.5 Å². The lowest BCUT2D eigenvalue weighted by molar-refractivity contribution is -0.127. The van der Waals surface area contributed by atoms with Crippen molar-refractivity contribution in [1.82, 2.24) is 10.6 Å². The summed E-state index contributed by atoms with van der Waals surface area (Å²) in [6.45, 7) is 0.548. The Hall–Kier alpha value is -1.73. The van der Waals surface area contributed by atoms with Crippen molar-refractivity contribution in [2.45, 2.75) is 31.1 Å². The van der Waals surface area contributed by atoms with Crippen LogP contribution < -0.4 is 15.5 Å². The zero-order chi connectivity index (χ0) is 16.6. The molecule has 124 valence electrons. The summed E-state index contributed by atoms with van der Waals surface area (Å²) in [5, 5.41) is 5.37. The van der Waals surface area contributed by atoms with Gasteiger partial charge in [-0.1, -0.05) is 11.6 Å². The Morgan fingerprint density at radius 2 is 2.22 bits per heavy atom. The molecule has 2 N–H and O–H groups in total. The van der Waals surface area contributed by atoms with Crippen molar-refractivity contribution in [2.24, 2.45) is 0 Å². The third-order valence-corrected chi connectivity index (χ3v) is 4.42. The molecule has 3 atom stereocenters. The van der Waals surface area contributed by atoms with Crippen LogP contribution in [0.4, 0.5) is 14.5 Å². The summed E-state index contributed by atoms with van der Waals surface area (Å²) in [5.41, 5.74) is 0.487. The van der Waals surface area contributed by atoms with E-state index in [1.54, 1.807) is 0 Å². The largest absolute Gasteiger partial charge is 0.343 e. The number of nitrogens with one attached hydrogen (secondary N) is 2. The van der Waals surface area contributed by atoms with Crippen LogP contribution in [0, 0.1) is 5.82 Å². The predicted molar refractivity (Wildman–Crippen MR) is 81.6 cm³/mol. The van der Waals surface area contributed by atoms with E-state index in [1.165, 1.54) is 23.1 Å². The van der Waals surface area contributed by atoms with Gasteiger partial charge in [-0.3, -0.25) is 9.59 Å². The number of alkyl halides is 1. The van der Waals surface area contributed by atoms with Crippen molar-refractivity contribution >= 4 is 29.1 Å². The van der Waals surface area contributed by atoms with Crippen LogP contribution in [0.3, 0.4) is 0 Å². The van der Waals surface area contributed by atoms with Gasteiger partial charge in [-0.15, -0.1) is 0 Å². The van der Waals surface area contributed by atoms with Gasteiger partial charge in [-0.25, -0.2) is 8.78 Å². The maximum atomic E-state index is 13.2. The molecule has 2 aliphatic heterocycles. The van der Waals surface area contributed by atoms with E-state index in [0.29, 0.717) is 18.7 Å². The standard InChI is InChI=1S/C15H16ClF2N3O2/c16-10-6-9(1-2-11(10)18)21-4-3-12(15(21)23)20-14(22)13-5-8(17)7-19-13/h1-2,6,8,12-13,19H,3-5,7H2,(H,20,22)/t8-,12?,13+/m0/s1. The normalized spacial score (nSPS) is 27.5. The van der Waals surface area contributed by atoms with Crippen LogP contribution in [0.15, 0.2) is 18.2 Å². The van der Waals surface area contributed by atoms with E-state index in [-0.39, 0.29) is 29.8 Å². The van der Waals surface area contributed by atoms with Crippen molar-refractivity contribution in [3.63, 3.8) is 0 Å². The van der Waals surface area contributed by atoms with Gasteiger partial charge in [0, 0.05) is 25.2 Å². The molecular formula is C15H16ClF2N3O2. The Balaban J connectivity index is 1.64. The molecule has 1 aromatic carbocycles. The average Bonchev–Trinajstić information content (AvgIpc) is 3.09. The van der Waals surface area contributed by atoms with Crippen molar-refractivity contribution < 1.29 is 18.4 Å². The average molecular weight is 344 g/mol. The van der Waals surface area contributed by atoms with E-state index in [0.717, 1.165) is 0 Å². The first-order valence-corrected chi connectivity index (χ1v) is 7.78. The number of carbonyl (C=O) groups excluding carboxylic acids is 2. The number of hydrogen-bond acceptors (Lipinski definition) is 3. The fourth-order valence-corrected chi connectivity index (χ4v) is 3.06. The van der Waals surface area contributed by atoms with Crippen LogP contribution in [0.2, 0.25) is 5.02 Å². The fraction of sp³-hybridized carbons (Fsp3) is 0.467. The summed E-state index contributed by atoms with van der Waals surface area (Å²) in [6, 6.07) is 2.78. The molecule has 0 radical (unpaired) electrons. The third-order valence-electron chi connectivity index (χ3n) is 4.13. The summed E-state index contributed by atoms with van der Waals surface area (Å²) in [4.78, 5) is 25.9. The van der Waals surface area contributed by atoms with E-state index in [1.807, 2.05) is 0 Å². The topological polar surface area (TPSA) is 61.4 Å². The van der Waals surface area contributed by atoms with Crippen LogP contribution in [-0.4, -0.2) is 43.2 Å². The molecule has 8 heteroatoms. The number of anilines is 1. The minimum absolute atomic E-state index is 0.0630. The fourth-order valence-electron chi connectivity index (χ4n) is 2.89. The van der Waals surface area contributed by atoms with Crippen LogP contribution in [0.1, 0.15) is 12.8 Å². The van der Waals surface area contributed by atoms with Crippen LogP contribution in [0.25, 0.3) is 0 Å². The highest BCUT2D eigenvalue weighted by Crippen LogP contribution is 2.26. The molecule has 2 heterocycles. The van der Waals surface area contributed by atoms with E-state index in [4.69, 9.17) is 11.6 Å². The molecule has 5 nitrogen and oxygen atoms in total. The molecule has 1 aromatic rings. The first-order valence-electron chi connectivity index (χ1n) is 7.40. The zero-order valence-corrected chi connectivity index (χ0v) is 12.9. The Morgan fingerprint density at radius 3 is 2.87 bits per heavy atom. The van der Waals surface area contributed by atoms with Crippen LogP contribution in [-0.2, 0) is 9.59 Å². The zero-order valence-electron chi connectivity index (χ0n) is 12.2. The smallest absolute Gasteiger partial charge is 0.249 e. The highest BCUT2D eigenvalue weighted by Gasteiger charge is 2.36. The van der Waals surface area contributed by atoms with Gasteiger partial charge in [0.05, 0.1) is 11.1 Å². The van der Waals surface area contributed by atoms with E-state index in [2.05, 4.69) is 10.6 Å². The highest BCUT2D eigenvalue weighted by atomic mass is 35.5. The van der Waals surface area contributed by atoms with Crippen molar-refractivity contribution in [1.29, 1.82) is 0 Å². The molecule has 1 unspecified atom stereocenters. The van der Waals surface area contributed by atoms with E-state index >= 15 is 0 Å². The molecular weight excluding hydrogens is 328 g/mol. The summed E-state index contributed by atoms with van der Waals surface area (Å²) in [7, 11) is 0. The Bertz CT molecular complexity index is 643. The summed E-state index contributed by atoms with van der Waals surface area (Å²) >= 11 is 5.73. The first kappa shape index (κ1) is 16.1. The number of amides is 2. The van der Waals surface area contributed by atoms with Crippen molar-refractivity contribution in [3.8, 4) is 0 Å².